The molecule has 5 nitrogen and oxygen atoms in total. The Hall–Kier alpha value is -2.16. The van der Waals surface area contributed by atoms with Gasteiger partial charge in [-0.15, -0.1) is 26.6 Å². The highest BCUT2D eigenvalue weighted by atomic mass is 32.1. The third-order valence-electron chi connectivity index (χ3n) is 2.85. The number of anilines is 1. The second kappa shape index (κ2) is 4.99. The standard InChI is InChI=1S/C12H10F3N5S/c1-7(8-3-2-6-21-8)16-9-4-5-10-17-18-11(12(13,14)15)20(10)19-9/h2-7H,1H3,(H,16,19)/t7-/m1/s1. The van der Waals surface area contributed by atoms with Gasteiger partial charge in [0.1, 0.15) is 5.82 Å². The average Bonchev–Trinajstić information content (AvgIpc) is 3.06. The summed E-state index contributed by atoms with van der Waals surface area (Å²) >= 11 is 1.56. The number of fused-ring (bicyclic) bond motifs is 1. The molecule has 9 heteroatoms. The first kappa shape index (κ1) is 13.8. The SMILES string of the molecule is C[C@@H](Nc1ccc2nnc(C(F)(F)F)n2n1)c1cccs1. The van der Waals surface area contributed by atoms with Crippen LogP contribution in [0.5, 0.6) is 0 Å². The highest BCUT2D eigenvalue weighted by Crippen LogP contribution is 2.28. The molecular weight excluding hydrogens is 303 g/mol. The summed E-state index contributed by atoms with van der Waals surface area (Å²) in [5.41, 5.74) is 0.0525. The van der Waals surface area contributed by atoms with E-state index in [1.807, 2.05) is 24.4 Å². The van der Waals surface area contributed by atoms with E-state index in [2.05, 4.69) is 20.6 Å². The smallest absolute Gasteiger partial charge is 0.361 e. The van der Waals surface area contributed by atoms with Gasteiger partial charge in [0.25, 0.3) is 5.82 Å². The lowest BCUT2D eigenvalue weighted by Gasteiger charge is -2.13. The number of aromatic nitrogens is 4. The molecule has 3 aromatic rings. The monoisotopic (exact) mass is 313 g/mol. The van der Waals surface area contributed by atoms with Gasteiger partial charge in [0.15, 0.2) is 5.65 Å². The number of rotatable bonds is 3. The van der Waals surface area contributed by atoms with Gasteiger partial charge in [-0.25, -0.2) is 0 Å². The molecule has 0 radical (unpaired) electrons. The number of nitrogens with one attached hydrogen (secondary N) is 1. The molecule has 0 saturated heterocycles. The fourth-order valence-electron chi connectivity index (χ4n) is 1.87. The molecule has 3 heterocycles. The van der Waals surface area contributed by atoms with Gasteiger partial charge in [0.05, 0.1) is 6.04 Å². The molecule has 3 rings (SSSR count). The Morgan fingerprint density at radius 2 is 2.05 bits per heavy atom. The van der Waals surface area contributed by atoms with E-state index >= 15 is 0 Å². The second-order valence-corrected chi connectivity index (χ2v) is 5.37. The van der Waals surface area contributed by atoms with Gasteiger partial charge in [-0.1, -0.05) is 6.07 Å². The molecule has 0 amide bonds. The van der Waals surface area contributed by atoms with Crippen LogP contribution in [0.1, 0.15) is 23.7 Å². The number of alkyl halides is 3. The number of hydrogen-bond donors (Lipinski definition) is 1. The van der Waals surface area contributed by atoms with Crippen molar-refractivity contribution in [2.45, 2.75) is 19.1 Å². The van der Waals surface area contributed by atoms with E-state index in [-0.39, 0.29) is 11.7 Å². The highest BCUT2D eigenvalue weighted by molar-refractivity contribution is 7.10. The minimum Gasteiger partial charge on any atom is -0.361 e. The normalized spacial score (nSPS) is 13.5. The van der Waals surface area contributed by atoms with Crippen molar-refractivity contribution < 1.29 is 13.2 Å². The van der Waals surface area contributed by atoms with Crippen molar-refractivity contribution in [3.63, 3.8) is 0 Å². The Bertz CT molecular complexity index is 750. The Labute approximate surface area is 121 Å². The lowest BCUT2D eigenvalue weighted by atomic mass is 10.3. The summed E-state index contributed by atoms with van der Waals surface area (Å²) in [4.78, 5) is 1.07. The molecule has 0 spiro atoms. The number of thiophene rings is 1. The fraction of sp³-hybridized carbons (Fsp3) is 0.250. The molecule has 0 aliphatic carbocycles. The number of nitrogens with zero attached hydrogens (tertiary/aromatic N) is 4. The number of hydrogen-bond acceptors (Lipinski definition) is 5. The van der Waals surface area contributed by atoms with Crippen LogP contribution < -0.4 is 5.32 Å². The van der Waals surface area contributed by atoms with E-state index < -0.39 is 12.0 Å². The largest absolute Gasteiger partial charge is 0.453 e. The molecule has 0 saturated carbocycles. The average molecular weight is 313 g/mol. The van der Waals surface area contributed by atoms with E-state index in [1.165, 1.54) is 6.07 Å². The summed E-state index contributed by atoms with van der Waals surface area (Å²) in [7, 11) is 0. The highest BCUT2D eigenvalue weighted by Gasteiger charge is 2.37. The topological polar surface area (TPSA) is 55.1 Å². The van der Waals surface area contributed by atoms with Crippen molar-refractivity contribution in [1.82, 2.24) is 19.8 Å². The van der Waals surface area contributed by atoms with Gasteiger partial charge in [-0.05, 0) is 30.5 Å². The van der Waals surface area contributed by atoms with Crippen LogP contribution in [0.2, 0.25) is 0 Å². The lowest BCUT2D eigenvalue weighted by Crippen LogP contribution is -2.14. The zero-order valence-electron chi connectivity index (χ0n) is 10.8. The van der Waals surface area contributed by atoms with Gasteiger partial charge in [0.2, 0.25) is 0 Å². The summed E-state index contributed by atoms with van der Waals surface area (Å²) < 4.78 is 39.1. The van der Waals surface area contributed by atoms with Crippen LogP contribution in [0.15, 0.2) is 29.6 Å². The maximum absolute atomic E-state index is 12.8. The summed E-state index contributed by atoms with van der Waals surface area (Å²) in [6.07, 6.45) is -4.59. The maximum Gasteiger partial charge on any atom is 0.453 e. The molecule has 21 heavy (non-hydrogen) atoms. The van der Waals surface area contributed by atoms with Gasteiger partial charge >= 0.3 is 6.18 Å². The van der Waals surface area contributed by atoms with Crippen LogP contribution in [-0.4, -0.2) is 19.8 Å². The van der Waals surface area contributed by atoms with Crippen molar-refractivity contribution in [2.75, 3.05) is 5.32 Å². The molecule has 0 unspecified atom stereocenters. The van der Waals surface area contributed by atoms with Crippen LogP contribution in [0.4, 0.5) is 19.0 Å². The molecule has 0 fully saturated rings. The summed E-state index contributed by atoms with van der Waals surface area (Å²) in [6.45, 7) is 1.91. The Morgan fingerprint density at radius 3 is 2.71 bits per heavy atom. The molecule has 1 atom stereocenters. The van der Waals surface area contributed by atoms with Gasteiger partial charge < -0.3 is 5.32 Å². The molecule has 0 aliphatic heterocycles. The van der Waals surface area contributed by atoms with E-state index in [0.29, 0.717) is 10.3 Å². The third kappa shape index (κ3) is 2.68. The summed E-state index contributed by atoms with van der Waals surface area (Å²) in [5, 5.41) is 15.5. The zero-order chi connectivity index (χ0) is 15.0. The molecule has 0 bridgehead atoms. The van der Waals surface area contributed by atoms with Crippen molar-refractivity contribution in [1.29, 1.82) is 0 Å². The van der Waals surface area contributed by atoms with Crippen molar-refractivity contribution in [3.8, 4) is 0 Å². The molecule has 3 aromatic heterocycles. The summed E-state index contributed by atoms with van der Waals surface area (Å²) in [5.74, 6) is -0.807. The fourth-order valence-corrected chi connectivity index (χ4v) is 2.61. The number of halogens is 3. The molecule has 1 N–H and O–H groups in total. The van der Waals surface area contributed by atoms with Crippen LogP contribution in [0, 0.1) is 0 Å². The van der Waals surface area contributed by atoms with E-state index in [4.69, 9.17) is 0 Å². The van der Waals surface area contributed by atoms with Crippen LogP contribution in [0.25, 0.3) is 5.65 Å². The first-order valence-electron chi connectivity index (χ1n) is 6.05. The minimum atomic E-state index is -4.59. The molecule has 0 aromatic carbocycles. The molecule has 110 valence electrons. The minimum absolute atomic E-state index is 0.0525. The van der Waals surface area contributed by atoms with Gasteiger partial charge in [-0.2, -0.15) is 17.7 Å². The van der Waals surface area contributed by atoms with Crippen LogP contribution in [-0.2, 0) is 6.18 Å². The maximum atomic E-state index is 12.8. The third-order valence-corrected chi connectivity index (χ3v) is 3.91. The Kier molecular flexibility index (Phi) is 3.28. The van der Waals surface area contributed by atoms with Gasteiger partial charge in [-0.3, -0.25) is 0 Å². The molecule has 0 aliphatic rings. The zero-order valence-corrected chi connectivity index (χ0v) is 11.6. The Morgan fingerprint density at radius 1 is 1.24 bits per heavy atom. The van der Waals surface area contributed by atoms with Crippen molar-refractivity contribution in [3.05, 3.63) is 40.3 Å². The first-order valence-corrected chi connectivity index (χ1v) is 6.93. The van der Waals surface area contributed by atoms with E-state index in [9.17, 15) is 13.2 Å². The van der Waals surface area contributed by atoms with E-state index in [0.717, 1.165) is 4.88 Å². The van der Waals surface area contributed by atoms with Crippen LogP contribution >= 0.6 is 11.3 Å². The first-order chi connectivity index (χ1) is 9.95. The predicted octanol–water partition coefficient (Wildman–Crippen LogP) is 3.38. The van der Waals surface area contributed by atoms with E-state index in [1.54, 1.807) is 17.4 Å². The molecular formula is C12H10F3N5S. The summed E-state index contributed by atoms with van der Waals surface area (Å²) in [6, 6.07) is 6.82. The predicted molar refractivity (Wildman–Crippen MR) is 72.1 cm³/mol. The Balaban J connectivity index is 1.93. The van der Waals surface area contributed by atoms with Gasteiger partial charge in [0, 0.05) is 4.88 Å². The second-order valence-electron chi connectivity index (χ2n) is 4.39. The van der Waals surface area contributed by atoms with Crippen molar-refractivity contribution in [2.24, 2.45) is 0 Å². The lowest BCUT2D eigenvalue weighted by molar-refractivity contribution is -0.146. The van der Waals surface area contributed by atoms with Crippen molar-refractivity contribution >= 4 is 22.8 Å². The quantitative estimate of drug-likeness (QED) is 0.805. The van der Waals surface area contributed by atoms with Crippen LogP contribution in [0.3, 0.4) is 0 Å².